The Bertz CT molecular complexity index is 474. The number of fused-ring (bicyclic) bond motifs is 2. The van der Waals surface area contributed by atoms with Crippen LogP contribution in [-0.4, -0.2) is 6.04 Å². The number of rotatable bonds is 3. The first-order valence-electron chi connectivity index (χ1n) is 7.15. The summed E-state index contributed by atoms with van der Waals surface area (Å²) in [6, 6.07) is 7.25. The van der Waals surface area contributed by atoms with Crippen LogP contribution in [0.2, 0.25) is 0 Å². The van der Waals surface area contributed by atoms with Gasteiger partial charge in [0.15, 0.2) is 0 Å². The summed E-state index contributed by atoms with van der Waals surface area (Å²) in [5.74, 6) is 2.50. The third-order valence-corrected chi connectivity index (χ3v) is 4.75. The summed E-state index contributed by atoms with van der Waals surface area (Å²) >= 11 is 0. The average Bonchev–Trinajstić information content (AvgIpc) is 2.96. The van der Waals surface area contributed by atoms with Crippen LogP contribution < -0.4 is 5.32 Å². The maximum absolute atomic E-state index is 3.74. The SMILES string of the molecule is Cc1ccc(C)c(NC(C)C2CC3C=CC2C3)c1. The summed E-state index contributed by atoms with van der Waals surface area (Å²) in [6.07, 6.45) is 7.63. The fraction of sp³-hybridized carbons (Fsp3) is 0.529. The molecule has 1 nitrogen and oxygen atoms in total. The first-order chi connectivity index (χ1) is 8.63. The molecule has 1 heteroatoms. The summed E-state index contributed by atoms with van der Waals surface area (Å²) in [4.78, 5) is 0. The lowest BCUT2D eigenvalue weighted by atomic mass is 9.87. The molecule has 2 aliphatic carbocycles. The second kappa shape index (κ2) is 4.46. The van der Waals surface area contributed by atoms with Crippen LogP contribution in [0.5, 0.6) is 0 Å². The van der Waals surface area contributed by atoms with Crippen LogP contribution in [-0.2, 0) is 0 Å². The standard InChI is InChI=1S/C17H23N/c1-11-4-5-12(2)17(8-11)18-13(3)16-10-14-6-7-15(16)9-14/h4-8,13-16,18H,9-10H2,1-3H3. The number of nitrogens with one attached hydrogen (secondary N) is 1. The highest BCUT2D eigenvalue weighted by Crippen LogP contribution is 2.45. The molecule has 2 bridgehead atoms. The van der Waals surface area contributed by atoms with E-state index >= 15 is 0 Å². The van der Waals surface area contributed by atoms with Gasteiger partial charge in [0.05, 0.1) is 0 Å². The molecule has 0 aliphatic heterocycles. The van der Waals surface area contributed by atoms with Gasteiger partial charge in [-0.15, -0.1) is 0 Å². The molecule has 0 aromatic heterocycles. The zero-order valence-electron chi connectivity index (χ0n) is 11.6. The fourth-order valence-electron chi connectivity index (χ4n) is 3.64. The smallest absolute Gasteiger partial charge is 0.0374 e. The lowest BCUT2D eigenvalue weighted by Gasteiger charge is -2.28. The van der Waals surface area contributed by atoms with Crippen LogP contribution in [0, 0.1) is 31.6 Å². The quantitative estimate of drug-likeness (QED) is 0.777. The minimum Gasteiger partial charge on any atom is -0.382 e. The van der Waals surface area contributed by atoms with Gasteiger partial charge >= 0.3 is 0 Å². The predicted molar refractivity (Wildman–Crippen MR) is 77.8 cm³/mol. The van der Waals surface area contributed by atoms with Gasteiger partial charge in [0.2, 0.25) is 0 Å². The zero-order valence-corrected chi connectivity index (χ0v) is 11.6. The van der Waals surface area contributed by atoms with E-state index in [0.29, 0.717) is 6.04 Å². The summed E-state index contributed by atoms with van der Waals surface area (Å²) in [7, 11) is 0. The lowest BCUT2D eigenvalue weighted by Crippen LogP contribution is -2.29. The van der Waals surface area contributed by atoms with Crippen LogP contribution in [0.25, 0.3) is 0 Å². The molecule has 1 saturated carbocycles. The van der Waals surface area contributed by atoms with E-state index in [4.69, 9.17) is 0 Å². The number of hydrogen-bond acceptors (Lipinski definition) is 1. The molecule has 1 aromatic rings. The van der Waals surface area contributed by atoms with E-state index in [1.165, 1.54) is 29.7 Å². The van der Waals surface area contributed by atoms with Crippen molar-refractivity contribution < 1.29 is 0 Å². The first-order valence-corrected chi connectivity index (χ1v) is 7.15. The van der Waals surface area contributed by atoms with E-state index in [0.717, 1.165) is 17.8 Å². The van der Waals surface area contributed by atoms with Crippen LogP contribution in [0.15, 0.2) is 30.4 Å². The highest BCUT2D eigenvalue weighted by atomic mass is 14.9. The van der Waals surface area contributed by atoms with Gasteiger partial charge in [-0.05, 0) is 68.6 Å². The average molecular weight is 241 g/mol. The van der Waals surface area contributed by atoms with Crippen molar-refractivity contribution in [1.29, 1.82) is 0 Å². The van der Waals surface area contributed by atoms with Crippen molar-refractivity contribution in [2.45, 2.75) is 39.7 Å². The number of hydrogen-bond donors (Lipinski definition) is 1. The largest absolute Gasteiger partial charge is 0.382 e. The molecule has 0 spiro atoms. The molecule has 4 unspecified atom stereocenters. The number of aryl methyl sites for hydroxylation is 2. The van der Waals surface area contributed by atoms with Gasteiger partial charge in [-0.2, -0.15) is 0 Å². The topological polar surface area (TPSA) is 12.0 Å². The van der Waals surface area contributed by atoms with Gasteiger partial charge in [-0.1, -0.05) is 24.3 Å². The Morgan fingerprint density at radius 3 is 2.67 bits per heavy atom. The number of benzene rings is 1. The fourth-order valence-corrected chi connectivity index (χ4v) is 3.64. The molecule has 0 amide bonds. The molecule has 0 saturated heterocycles. The van der Waals surface area contributed by atoms with Crippen molar-refractivity contribution in [1.82, 2.24) is 0 Å². The van der Waals surface area contributed by atoms with Crippen LogP contribution in [0.3, 0.4) is 0 Å². The van der Waals surface area contributed by atoms with Crippen molar-refractivity contribution in [3.63, 3.8) is 0 Å². The molecule has 18 heavy (non-hydrogen) atoms. The molecule has 1 aromatic carbocycles. The summed E-state index contributed by atoms with van der Waals surface area (Å²) in [5, 5.41) is 3.74. The highest BCUT2D eigenvalue weighted by Gasteiger charge is 2.38. The van der Waals surface area contributed by atoms with Crippen LogP contribution in [0.1, 0.15) is 30.9 Å². The molecule has 0 heterocycles. The summed E-state index contributed by atoms with van der Waals surface area (Å²) in [5.41, 5.74) is 4.00. The molecule has 1 fully saturated rings. The Morgan fingerprint density at radius 1 is 1.17 bits per heavy atom. The summed E-state index contributed by atoms with van der Waals surface area (Å²) < 4.78 is 0. The zero-order chi connectivity index (χ0) is 12.7. The highest BCUT2D eigenvalue weighted by molar-refractivity contribution is 5.53. The Morgan fingerprint density at radius 2 is 2.00 bits per heavy atom. The van der Waals surface area contributed by atoms with Crippen LogP contribution in [0.4, 0.5) is 5.69 Å². The Hall–Kier alpha value is -1.24. The first kappa shape index (κ1) is 11.8. The monoisotopic (exact) mass is 241 g/mol. The molecule has 3 rings (SSSR count). The van der Waals surface area contributed by atoms with Gasteiger partial charge in [0.1, 0.15) is 0 Å². The van der Waals surface area contributed by atoms with Gasteiger partial charge in [0.25, 0.3) is 0 Å². The summed E-state index contributed by atoms with van der Waals surface area (Å²) in [6.45, 7) is 6.70. The van der Waals surface area contributed by atoms with Crippen molar-refractivity contribution in [2.24, 2.45) is 17.8 Å². The minimum absolute atomic E-state index is 0.574. The molecule has 2 aliphatic rings. The van der Waals surface area contributed by atoms with E-state index in [2.05, 4.69) is 56.4 Å². The second-order valence-corrected chi connectivity index (χ2v) is 6.20. The molecular weight excluding hydrogens is 218 g/mol. The second-order valence-electron chi connectivity index (χ2n) is 6.20. The van der Waals surface area contributed by atoms with E-state index in [1.54, 1.807) is 0 Å². The van der Waals surface area contributed by atoms with Crippen molar-refractivity contribution >= 4 is 5.69 Å². The molecule has 96 valence electrons. The van der Waals surface area contributed by atoms with E-state index in [-0.39, 0.29) is 0 Å². The van der Waals surface area contributed by atoms with E-state index in [1.807, 2.05) is 0 Å². The molecule has 4 atom stereocenters. The van der Waals surface area contributed by atoms with E-state index < -0.39 is 0 Å². The molecule has 0 radical (unpaired) electrons. The molecule has 1 N–H and O–H groups in total. The maximum atomic E-state index is 3.74. The van der Waals surface area contributed by atoms with Gasteiger partial charge < -0.3 is 5.32 Å². The van der Waals surface area contributed by atoms with Gasteiger partial charge in [-0.3, -0.25) is 0 Å². The molecular formula is C17H23N. The Kier molecular flexibility index (Phi) is 2.93. The van der Waals surface area contributed by atoms with Gasteiger partial charge in [-0.25, -0.2) is 0 Å². The van der Waals surface area contributed by atoms with E-state index in [9.17, 15) is 0 Å². The van der Waals surface area contributed by atoms with Crippen molar-refractivity contribution in [3.05, 3.63) is 41.5 Å². The Balaban J connectivity index is 1.72. The number of allylic oxidation sites excluding steroid dienone is 2. The third kappa shape index (κ3) is 2.07. The third-order valence-electron chi connectivity index (χ3n) is 4.75. The minimum atomic E-state index is 0.574. The number of anilines is 1. The maximum Gasteiger partial charge on any atom is 0.0374 e. The van der Waals surface area contributed by atoms with Crippen molar-refractivity contribution in [3.8, 4) is 0 Å². The van der Waals surface area contributed by atoms with Gasteiger partial charge in [0, 0.05) is 11.7 Å². The normalized spacial score (nSPS) is 30.7. The Labute approximate surface area is 110 Å². The van der Waals surface area contributed by atoms with Crippen LogP contribution >= 0.6 is 0 Å². The van der Waals surface area contributed by atoms with Crippen molar-refractivity contribution in [2.75, 3.05) is 5.32 Å². The predicted octanol–water partition coefficient (Wildman–Crippen LogP) is 4.32. The lowest BCUT2D eigenvalue weighted by molar-refractivity contribution is 0.400.